The summed E-state index contributed by atoms with van der Waals surface area (Å²) in [5.74, 6) is 0.705. The Morgan fingerprint density at radius 3 is 2.28 bits per heavy atom. The quantitative estimate of drug-likeness (QED) is 0.820. The third kappa shape index (κ3) is 4.14. The molecule has 25 heavy (non-hydrogen) atoms. The van der Waals surface area contributed by atoms with Crippen molar-refractivity contribution in [3.63, 3.8) is 0 Å². The molecule has 1 aromatic heterocycles. The van der Waals surface area contributed by atoms with Gasteiger partial charge in [-0.15, -0.1) is 0 Å². The van der Waals surface area contributed by atoms with Gasteiger partial charge in [-0.3, -0.25) is 0 Å². The van der Waals surface area contributed by atoms with Crippen LogP contribution in [0.1, 0.15) is 11.3 Å². The van der Waals surface area contributed by atoms with Crippen LogP contribution in [0, 0.1) is 0 Å². The number of methoxy groups -OCH3 is 3. The van der Waals surface area contributed by atoms with Crippen LogP contribution in [-0.4, -0.2) is 31.3 Å². The molecular weight excluding hydrogens is 341 g/mol. The van der Waals surface area contributed by atoms with E-state index >= 15 is 0 Å². The van der Waals surface area contributed by atoms with Gasteiger partial charge in [-0.25, -0.2) is 4.98 Å². The minimum atomic E-state index is -4.62. The van der Waals surface area contributed by atoms with Crippen molar-refractivity contribution in [1.29, 1.82) is 0 Å². The molecule has 0 atom stereocenters. The number of nitrogens with two attached hydrogens (primary N) is 1. The Morgan fingerprint density at radius 2 is 1.72 bits per heavy atom. The van der Waals surface area contributed by atoms with Gasteiger partial charge >= 0.3 is 6.18 Å². The van der Waals surface area contributed by atoms with Gasteiger partial charge in [0.2, 0.25) is 11.7 Å². The summed E-state index contributed by atoms with van der Waals surface area (Å²) in [5, 5.41) is 2.77. The zero-order valence-corrected chi connectivity index (χ0v) is 13.8. The molecule has 0 aliphatic heterocycles. The van der Waals surface area contributed by atoms with Gasteiger partial charge in [0.1, 0.15) is 5.82 Å². The van der Waals surface area contributed by atoms with Gasteiger partial charge in [-0.2, -0.15) is 18.2 Å². The van der Waals surface area contributed by atoms with Crippen LogP contribution in [0.3, 0.4) is 0 Å². The zero-order chi connectivity index (χ0) is 18.6. The number of nitrogens with zero attached hydrogens (tertiary/aromatic N) is 2. The van der Waals surface area contributed by atoms with E-state index in [0.717, 1.165) is 6.07 Å². The molecule has 1 heterocycles. The summed E-state index contributed by atoms with van der Waals surface area (Å²) >= 11 is 0. The van der Waals surface area contributed by atoms with Gasteiger partial charge in [0.25, 0.3) is 0 Å². The molecule has 3 N–H and O–H groups in total. The Kier molecular flexibility index (Phi) is 5.40. The number of aromatic nitrogens is 2. The number of benzene rings is 1. The molecule has 2 rings (SSSR count). The van der Waals surface area contributed by atoms with E-state index in [0.29, 0.717) is 22.8 Å². The molecule has 0 radical (unpaired) electrons. The first kappa shape index (κ1) is 18.4. The van der Waals surface area contributed by atoms with E-state index in [4.69, 9.17) is 19.9 Å². The fourth-order valence-corrected chi connectivity index (χ4v) is 2.19. The van der Waals surface area contributed by atoms with Crippen LogP contribution in [-0.2, 0) is 12.7 Å². The Balaban J connectivity index is 2.29. The second kappa shape index (κ2) is 7.32. The number of hydrogen-bond donors (Lipinski definition) is 2. The van der Waals surface area contributed by atoms with Crippen molar-refractivity contribution in [2.24, 2.45) is 0 Å². The number of nitrogen functional groups attached to an aromatic ring is 1. The van der Waals surface area contributed by atoms with Crippen LogP contribution in [0.25, 0.3) is 0 Å². The molecule has 0 amide bonds. The molecule has 0 aliphatic carbocycles. The minimum Gasteiger partial charge on any atom is -0.493 e. The highest BCUT2D eigenvalue weighted by molar-refractivity contribution is 5.56. The minimum absolute atomic E-state index is 0.0586. The predicted octanol–water partition coefficient (Wildman–Crippen LogP) is 2.72. The van der Waals surface area contributed by atoms with E-state index in [1.54, 1.807) is 12.1 Å². The van der Waals surface area contributed by atoms with E-state index in [1.165, 1.54) is 21.3 Å². The summed E-state index contributed by atoms with van der Waals surface area (Å²) in [6.45, 7) is 0.122. The Hall–Kier alpha value is -2.91. The number of ether oxygens (including phenoxy) is 3. The highest BCUT2D eigenvalue weighted by atomic mass is 19.4. The first-order valence-electron chi connectivity index (χ1n) is 7.03. The number of alkyl halides is 3. The third-order valence-electron chi connectivity index (χ3n) is 3.28. The van der Waals surface area contributed by atoms with Crippen molar-refractivity contribution < 1.29 is 27.4 Å². The van der Waals surface area contributed by atoms with Crippen LogP contribution in [0.4, 0.5) is 24.9 Å². The maximum absolute atomic E-state index is 12.8. The fourth-order valence-electron chi connectivity index (χ4n) is 2.19. The molecule has 0 saturated heterocycles. The number of halogens is 3. The molecule has 2 aromatic rings. The molecule has 1 aromatic carbocycles. The van der Waals surface area contributed by atoms with Crippen molar-refractivity contribution in [1.82, 2.24) is 9.97 Å². The average Bonchev–Trinajstić information content (AvgIpc) is 2.57. The highest BCUT2D eigenvalue weighted by Crippen LogP contribution is 2.40. The van der Waals surface area contributed by atoms with Crippen molar-refractivity contribution >= 4 is 11.8 Å². The maximum atomic E-state index is 12.8. The largest absolute Gasteiger partial charge is 0.493 e. The van der Waals surface area contributed by atoms with Gasteiger partial charge < -0.3 is 25.3 Å². The predicted molar refractivity (Wildman–Crippen MR) is 84.9 cm³/mol. The number of nitrogens with one attached hydrogen (secondary N) is 1. The number of anilines is 2. The summed E-state index contributed by atoms with van der Waals surface area (Å²) in [6, 6.07) is 4.14. The summed E-state index contributed by atoms with van der Waals surface area (Å²) in [5.41, 5.74) is 4.85. The van der Waals surface area contributed by atoms with E-state index in [-0.39, 0.29) is 12.4 Å². The number of hydrogen-bond acceptors (Lipinski definition) is 7. The van der Waals surface area contributed by atoms with E-state index in [2.05, 4.69) is 15.3 Å². The van der Waals surface area contributed by atoms with E-state index < -0.39 is 17.8 Å². The maximum Gasteiger partial charge on any atom is 0.433 e. The van der Waals surface area contributed by atoms with Crippen molar-refractivity contribution in [2.45, 2.75) is 12.7 Å². The lowest BCUT2D eigenvalue weighted by Crippen LogP contribution is -2.13. The van der Waals surface area contributed by atoms with E-state index in [9.17, 15) is 13.2 Å². The van der Waals surface area contributed by atoms with Gasteiger partial charge in [0, 0.05) is 18.2 Å². The smallest absolute Gasteiger partial charge is 0.433 e. The standard InChI is InChI=1S/C15H17F3N4O3/c1-23-9-5-4-8(12(24-2)13(9)25-3)7-20-11-6-10(15(16,17)18)21-14(19)22-11/h4-6H,7H2,1-3H3,(H3,19,20,21,22). The number of rotatable bonds is 6. The zero-order valence-electron chi connectivity index (χ0n) is 13.8. The molecule has 10 heteroatoms. The topological polar surface area (TPSA) is 91.5 Å². The van der Waals surface area contributed by atoms with Crippen LogP contribution < -0.4 is 25.3 Å². The van der Waals surface area contributed by atoms with Crippen molar-refractivity contribution in [3.05, 3.63) is 29.5 Å². The second-order valence-electron chi connectivity index (χ2n) is 4.84. The van der Waals surface area contributed by atoms with Crippen molar-refractivity contribution in [2.75, 3.05) is 32.4 Å². The monoisotopic (exact) mass is 358 g/mol. The Bertz CT molecular complexity index is 754. The van der Waals surface area contributed by atoms with Crippen LogP contribution >= 0.6 is 0 Å². The first-order chi connectivity index (χ1) is 11.8. The van der Waals surface area contributed by atoms with Crippen molar-refractivity contribution in [3.8, 4) is 17.2 Å². The lowest BCUT2D eigenvalue weighted by atomic mass is 10.1. The normalized spacial score (nSPS) is 11.1. The average molecular weight is 358 g/mol. The first-order valence-corrected chi connectivity index (χ1v) is 7.03. The molecule has 0 aliphatic rings. The SMILES string of the molecule is COc1ccc(CNc2cc(C(F)(F)F)nc(N)n2)c(OC)c1OC. The second-order valence-corrected chi connectivity index (χ2v) is 4.84. The molecule has 0 bridgehead atoms. The summed E-state index contributed by atoms with van der Waals surface area (Å²) < 4.78 is 54.1. The van der Waals surface area contributed by atoms with Crippen LogP contribution in [0.2, 0.25) is 0 Å². The van der Waals surface area contributed by atoms with Gasteiger partial charge in [-0.05, 0) is 12.1 Å². The summed E-state index contributed by atoms with van der Waals surface area (Å²) in [4.78, 5) is 6.94. The third-order valence-corrected chi connectivity index (χ3v) is 3.28. The Labute approximate surface area is 141 Å². The molecule has 0 saturated carbocycles. The molecule has 7 nitrogen and oxygen atoms in total. The fraction of sp³-hybridized carbons (Fsp3) is 0.333. The lowest BCUT2D eigenvalue weighted by Gasteiger charge is -2.16. The molecular formula is C15H17F3N4O3. The molecule has 136 valence electrons. The van der Waals surface area contributed by atoms with Crippen LogP contribution in [0.5, 0.6) is 17.2 Å². The summed E-state index contributed by atoms with van der Waals surface area (Å²) in [6.07, 6.45) is -4.62. The molecule has 0 unspecified atom stereocenters. The summed E-state index contributed by atoms with van der Waals surface area (Å²) in [7, 11) is 4.39. The van der Waals surface area contributed by atoms with Gasteiger partial charge in [-0.1, -0.05) is 0 Å². The molecule has 0 fully saturated rings. The highest BCUT2D eigenvalue weighted by Gasteiger charge is 2.33. The Morgan fingerprint density at radius 1 is 1.04 bits per heavy atom. The van der Waals surface area contributed by atoms with Crippen LogP contribution in [0.15, 0.2) is 18.2 Å². The van der Waals surface area contributed by atoms with Gasteiger partial charge in [0.05, 0.1) is 21.3 Å². The van der Waals surface area contributed by atoms with Gasteiger partial charge in [0.15, 0.2) is 17.2 Å². The molecule has 0 spiro atoms. The lowest BCUT2D eigenvalue weighted by molar-refractivity contribution is -0.141. The van der Waals surface area contributed by atoms with E-state index in [1.807, 2.05) is 0 Å².